The molecule has 1 atom stereocenters. The van der Waals surface area contributed by atoms with Gasteiger partial charge in [-0.05, 0) is 37.3 Å². The van der Waals surface area contributed by atoms with Crippen molar-refractivity contribution in [2.24, 2.45) is 5.92 Å². The number of nitrogens with one attached hydrogen (secondary N) is 3. The molecule has 0 bridgehead atoms. The molecule has 0 aromatic carbocycles. The van der Waals surface area contributed by atoms with Crippen LogP contribution in [-0.2, 0) is 9.59 Å². The van der Waals surface area contributed by atoms with Crippen LogP contribution in [0.15, 0.2) is 12.1 Å². The Kier molecular flexibility index (Phi) is 8.62. The molecule has 1 aliphatic carbocycles. The minimum Gasteiger partial charge on any atom is -0.355 e. The van der Waals surface area contributed by atoms with Crippen molar-refractivity contribution in [3.05, 3.63) is 12.1 Å². The smallest absolute Gasteiger partial charge is 0.225 e. The average Bonchev–Trinajstić information content (AvgIpc) is 3.46. The van der Waals surface area contributed by atoms with Gasteiger partial charge < -0.3 is 20.9 Å². The van der Waals surface area contributed by atoms with E-state index in [1.807, 2.05) is 12.1 Å². The molecule has 3 heterocycles. The third kappa shape index (κ3) is 7.09. The van der Waals surface area contributed by atoms with Crippen LogP contribution in [-0.4, -0.2) is 51.3 Å². The van der Waals surface area contributed by atoms with Crippen LogP contribution in [0.25, 0.3) is 0 Å². The molecule has 1 saturated carbocycles. The van der Waals surface area contributed by atoms with Gasteiger partial charge in [0.1, 0.15) is 0 Å². The fourth-order valence-electron chi connectivity index (χ4n) is 4.56. The van der Waals surface area contributed by atoms with E-state index < -0.39 is 0 Å². The molecule has 1 unspecified atom stereocenters. The molecule has 11 heteroatoms. The SMILES string of the molecule is CCC(=O)Nc1nnc(NC2CCN(c3ccc(NC(=O)CC4CCCCCCC4)nn3)C2)s1. The Morgan fingerprint density at radius 3 is 2.44 bits per heavy atom. The summed E-state index contributed by atoms with van der Waals surface area (Å²) in [5.74, 6) is 1.73. The Balaban J connectivity index is 1.23. The number of rotatable bonds is 8. The molecule has 34 heavy (non-hydrogen) atoms. The molecule has 3 N–H and O–H groups in total. The van der Waals surface area contributed by atoms with E-state index in [1.165, 1.54) is 43.4 Å². The first-order valence-electron chi connectivity index (χ1n) is 12.4. The maximum absolute atomic E-state index is 12.5. The van der Waals surface area contributed by atoms with E-state index in [2.05, 4.69) is 41.2 Å². The number of hydrogen-bond acceptors (Lipinski definition) is 9. The van der Waals surface area contributed by atoms with Crippen molar-refractivity contribution < 1.29 is 9.59 Å². The predicted molar refractivity (Wildman–Crippen MR) is 134 cm³/mol. The Labute approximate surface area is 204 Å². The van der Waals surface area contributed by atoms with Gasteiger partial charge in [-0.2, -0.15) is 0 Å². The second-order valence-corrected chi connectivity index (χ2v) is 10.1. The quantitative estimate of drug-likeness (QED) is 0.510. The van der Waals surface area contributed by atoms with Crippen LogP contribution >= 0.6 is 11.3 Å². The van der Waals surface area contributed by atoms with Crippen LogP contribution in [0.5, 0.6) is 0 Å². The van der Waals surface area contributed by atoms with Gasteiger partial charge >= 0.3 is 0 Å². The van der Waals surface area contributed by atoms with Gasteiger partial charge in [-0.1, -0.05) is 50.4 Å². The van der Waals surface area contributed by atoms with Gasteiger partial charge in [0.2, 0.25) is 22.1 Å². The predicted octanol–water partition coefficient (Wildman–Crippen LogP) is 4.06. The third-order valence-electron chi connectivity index (χ3n) is 6.45. The summed E-state index contributed by atoms with van der Waals surface area (Å²) in [6, 6.07) is 3.93. The van der Waals surface area contributed by atoms with E-state index in [0.717, 1.165) is 38.2 Å². The number of aromatic nitrogens is 4. The summed E-state index contributed by atoms with van der Waals surface area (Å²) in [6.45, 7) is 3.40. The molecule has 2 amide bonds. The maximum Gasteiger partial charge on any atom is 0.225 e. The molecular weight excluding hydrogens is 452 g/mol. The van der Waals surface area contributed by atoms with Crippen molar-refractivity contribution in [3.63, 3.8) is 0 Å². The van der Waals surface area contributed by atoms with Crippen molar-refractivity contribution in [1.29, 1.82) is 0 Å². The van der Waals surface area contributed by atoms with Crippen LogP contribution < -0.4 is 20.9 Å². The van der Waals surface area contributed by atoms with E-state index in [-0.39, 0.29) is 17.9 Å². The van der Waals surface area contributed by atoms with Crippen molar-refractivity contribution in [1.82, 2.24) is 20.4 Å². The highest BCUT2D eigenvalue weighted by Gasteiger charge is 2.25. The highest BCUT2D eigenvalue weighted by Crippen LogP contribution is 2.26. The molecule has 2 aliphatic rings. The number of anilines is 4. The van der Waals surface area contributed by atoms with E-state index in [9.17, 15) is 9.59 Å². The summed E-state index contributed by atoms with van der Waals surface area (Å²) in [4.78, 5) is 26.1. The summed E-state index contributed by atoms with van der Waals surface area (Å²) >= 11 is 1.33. The molecule has 0 radical (unpaired) electrons. The van der Waals surface area contributed by atoms with Gasteiger partial charge in [0.05, 0.1) is 0 Å². The molecule has 1 aliphatic heterocycles. The normalized spacial score (nSPS) is 19.3. The summed E-state index contributed by atoms with van der Waals surface area (Å²) in [5, 5.41) is 26.9. The minimum absolute atomic E-state index is 0.0320. The van der Waals surface area contributed by atoms with Crippen LogP contribution in [0.1, 0.15) is 71.1 Å². The van der Waals surface area contributed by atoms with E-state index >= 15 is 0 Å². The van der Waals surface area contributed by atoms with Gasteiger partial charge in [0, 0.05) is 32.0 Å². The number of nitrogens with zero attached hydrogens (tertiary/aromatic N) is 5. The zero-order valence-electron chi connectivity index (χ0n) is 19.8. The fraction of sp³-hybridized carbons (Fsp3) is 0.652. The molecule has 184 valence electrons. The second-order valence-electron chi connectivity index (χ2n) is 9.13. The summed E-state index contributed by atoms with van der Waals surface area (Å²) in [7, 11) is 0. The Bertz CT molecular complexity index is 943. The molecule has 2 aromatic rings. The molecule has 4 rings (SSSR count). The summed E-state index contributed by atoms with van der Waals surface area (Å²) in [6.07, 6.45) is 10.6. The standard InChI is InChI=1S/C23H34N8O2S/c1-2-20(32)26-23-30-29-22(34-23)24-17-12-13-31(15-17)19-11-10-18(27-28-19)25-21(33)14-16-8-6-4-3-5-7-9-16/h10-11,16-17H,2-9,12-15H2,1H3,(H,24,29)(H,25,27,33)(H,26,30,32). The maximum atomic E-state index is 12.5. The third-order valence-corrected chi connectivity index (χ3v) is 7.22. The monoisotopic (exact) mass is 486 g/mol. The molecule has 10 nitrogen and oxygen atoms in total. The van der Waals surface area contributed by atoms with Gasteiger partial charge in [-0.3, -0.25) is 9.59 Å². The second kappa shape index (κ2) is 12.0. The zero-order chi connectivity index (χ0) is 23.8. The highest BCUT2D eigenvalue weighted by atomic mass is 32.1. The minimum atomic E-state index is -0.0761. The fourth-order valence-corrected chi connectivity index (χ4v) is 5.30. The molecular formula is C23H34N8O2S. The largest absolute Gasteiger partial charge is 0.355 e. The van der Waals surface area contributed by atoms with E-state index in [0.29, 0.717) is 34.8 Å². The first-order chi connectivity index (χ1) is 16.6. The van der Waals surface area contributed by atoms with Crippen molar-refractivity contribution in [2.75, 3.05) is 33.9 Å². The van der Waals surface area contributed by atoms with Crippen molar-refractivity contribution >= 4 is 45.0 Å². The van der Waals surface area contributed by atoms with Gasteiger partial charge in [0.15, 0.2) is 11.6 Å². The topological polar surface area (TPSA) is 125 Å². The van der Waals surface area contributed by atoms with Gasteiger partial charge in [-0.15, -0.1) is 20.4 Å². The van der Waals surface area contributed by atoms with E-state index in [4.69, 9.17) is 0 Å². The Morgan fingerprint density at radius 2 is 1.71 bits per heavy atom. The Morgan fingerprint density at radius 1 is 0.941 bits per heavy atom. The first kappa shape index (κ1) is 24.3. The molecule has 1 saturated heterocycles. The number of carbonyl (C=O) groups is 2. The van der Waals surface area contributed by atoms with Gasteiger partial charge in [-0.25, -0.2) is 0 Å². The highest BCUT2D eigenvalue weighted by molar-refractivity contribution is 7.19. The van der Waals surface area contributed by atoms with Crippen LogP contribution in [0.3, 0.4) is 0 Å². The Hall–Kier alpha value is -2.82. The van der Waals surface area contributed by atoms with Crippen molar-refractivity contribution in [3.8, 4) is 0 Å². The van der Waals surface area contributed by atoms with Gasteiger partial charge in [0.25, 0.3) is 0 Å². The number of hydrogen-bond donors (Lipinski definition) is 3. The van der Waals surface area contributed by atoms with Crippen LogP contribution in [0.4, 0.5) is 21.9 Å². The zero-order valence-corrected chi connectivity index (χ0v) is 20.6. The number of amides is 2. The average molecular weight is 487 g/mol. The lowest BCUT2D eigenvalue weighted by Gasteiger charge is -2.19. The number of carbonyl (C=O) groups excluding carboxylic acids is 2. The van der Waals surface area contributed by atoms with Crippen LogP contribution in [0, 0.1) is 5.92 Å². The van der Waals surface area contributed by atoms with Crippen molar-refractivity contribution in [2.45, 2.75) is 77.2 Å². The van der Waals surface area contributed by atoms with Crippen LogP contribution in [0.2, 0.25) is 0 Å². The lowest BCUT2D eigenvalue weighted by atomic mass is 9.89. The molecule has 2 aromatic heterocycles. The molecule has 2 fully saturated rings. The first-order valence-corrected chi connectivity index (χ1v) is 13.2. The molecule has 0 spiro atoms. The lowest BCUT2D eigenvalue weighted by Crippen LogP contribution is -2.26. The summed E-state index contributed by atoms with van der Waals surface area (Å²) < 4.78 is 0. The lowest BCUT2D eigenvalue weighted by molar-refractivity contribution is -0.117. The summed E-state index contributed by atoms with van der Waals surface area (Å²) in [5.41, 5.74) is 0. The van der Waals surface area contributed by atoms with E-state index in [1.54, 1.807) is 6.92 Å².